The van der Waals surface area contributed by atoms with Crippen molar-refractivity contribution in [1.29, 1.82) is 0 Å². The van der Waals surface area contributed by atoms with E-state index in [9.17, 15) is 18.0 Å². The van der Waals surface area contributed by atoms with E-state index in [1.807, 2.05) is 0 Å². The predicted molar refractivity (Wildman–Crippen MR) is 59.8 cm³/mol. The molecule has 19 heavy (non-hydrogen) atoms. The Kier molecular flexibility index (Phi) is 3.23. The Morgan fingerprint density at radius 3 is 2.32 bits per heavy atom. The molecule has 0 bridgehead atoms. The average Bonchev–Trinajstić information content (AvgIpc) is 2.74. The Balaban J connectivity index is 2.55. The van der Waals surface area contributed by atoms with Crippen LogP contribution in [0.15, 0.2) is 12.4 Å². The number of hydrogen-bond acceptors (Lipinski definition) is 5. The zero-order chi connectivity index (χ0) is 14.2. The third-order valence-corrected chi connectivity index (χ3v) is 3.10. The summed E-state index contributed by atoms with van der Waals surface area (Å²) in [6.45, 7) is 1.72. The molecular formula is C10H6F3N3O2S. The number of halogens is 3. The lowest BCUT2D eigenvalue weighted by Crippen LogP contribution is -2.11. The smallest absolute Gasteiger partial charge is 0.435 e. The molecule has 0 saturated carbocycles. The van der Waals surface area contributed by atoms with E-state index in [2.05, 4.69) is 15.0 Å². The molecule has 100 valence electrons. The molecule has 0 aliphatic carbocycles. The number of carbonyl (C=O) groups is 1. The van der Waals surface area contributed by atoms with Crippen LogP contribution in [-0.4, -0.2) is 26.0 Å². The summed E-state index contributed by atoms with van der Waals surface area (Å²) in [7, 11) is 0. The van der Waals surface area contributed by atoms with Crippen LogP contribution in [0.2, 0.25) is 0 Å². The van der Waals surface area contributed by atoms with Crippen molar-refractivity contribution >= 4 is 17.3 Å². The van der Waals surface area contributed by atoms with Gasteiger partial charge in [-0.05, 0) is 12.5 Å². The maximum Gasteiger partial charge on any atom is 0.435 e. The molecule has 0 atom stereocenters. The maximum atomic E-state index is 12.6. The van der Waals surface area contributed by atoms with E-state index in [1.54, 1.807) is 6.92 Å². The van der Waals surface area contributed by atoms with Gasteiger partial charge in [-0.25, -0.2) is 19.7 Å². The minimum Gasteiger partial charge on any atom is -0.477 e. The molecule has 0 spiro atoms. The van der Waals surface area contributed by atoms with Crippen LogP contribution in [-0.2, 0) is 6.18 Å². The Labute approximate surface area is 108 Å². The van der Waals surface area contributed by atoms with E-state index < -0.39 is 22.7 Å². The number of hydrogen-bond donors (Lipinski definition) is 1. The number of aromatic carboxylic acids is 1. The molecule has 0 aliphatic heterocycles. The third kappa shape index (κ3) is 2.70. The molecule has 0 aliphatic rings. The molecule has 0 radical (unpaired) electrons. The number of nitrogens with zero attached hydrogens (tertiary/aromatic N) is 3. The lowest BCUT2D eigenvalue weighted by molar-refractivity contribution is -0.141. The van der Waals surface area contributed by atoms with Crippen LogP contribution in [0.5, 0.6) is 0 Å². The molecule has 1 N–H and O–H groups in total. The lowest BCUT2D eigenvalue weighted by atomic mass is 10.3. The van der Waals surface area contributed by atoms with Crippen molar-refractivity contribution in [2.45, 2.75) is 13.1 Å². The molecule has 2 rings (SSSR count). The monoisotopic (exact) mass is 289 g/mol. The molecule has 0 saturated heterocycles. The van der Waals surface area contributed by atoms with Crippen molar-refractivity contribution in [3.8, 4) is 10.8 Å². The van der Waals surface area contributed by atoms with Gasteiger partial charge in [-0.1, -0.05) is 0 Å². The first-order chi connectivity index (χ1) is 8.79. The molecular weight excluding hydrogens is 283 g/mol. The molecule has 0 amide bonds. The summed E-state index contributed by atoms with van der Waals surface area (Å²) in [6, 6.07) is 0. The molecule has 2 aromatic rings. The number of aromatic nitrogens is 3. The summed E-state index contributed by atoms with van der Waals surface area (Å²) < 4.78 is 37.9. The van der Waals surface area contributed by atoms with Crippen molar-refractivity contribution in [2.24, 2.45) is 0 Å². The fourth-order valence-electron chi connectivity index (χ4n) is 1.26. The van der Waals surface area contributed by atoms with Crippen LogP contribution in [0.25, 0.3) is 10.8 Å². The molecule has 2 heterocycles. The lowest BCUT2D eigenvalue weighted by Gasteiger charge is -2.02. The van der Waals surface area contributed by atoms with Crippen molar-refractivity contribution < 1.29 is 23.1 Å². The Bertz CT molecular complexity index is 622. The zero-order valence-electron chi connectivity index (χ0n) is 9.39. The topological polar surface area (TPSA) is 76.0 Å². The first-order valence-electron chi connectivity index (χ1n) is 4.89. The van der Waals surface area contributed by atoms with E-state index in [0.717, 1.165) is 5.56 Å². The van der Waals surface area contributed by atoms with Gasteiger partial charge in [0.05, 0.1) is 0 Å². The minimum absolute atomic E-state index is 0.0337. The quantitative estimate of drug-likeness (QED) is 0.919. The predicted octanol–water partition coefficient (Wildman–Crippen LogP) is 2.63. The van der Waals surface area contributed by atoms with Gasteiger partial charge in [-0.3, -0.25) is 0 Å². The van der Waals surface area contributed by atoms with Crippen molar-refractivity contribution in [2.75, 3.05) is 0 Å². The second kappa shape index (κ2) is 4.57. The minimum atomic E-state index is -4.83. The second-order valence-electron chi connectivity index (χ2n) is 3.58. The van der Waals surface area contributed by atoms with E-state index in [0.29, 0.717) is 11.3 Å². The number of thiazole rings is 1. The summed E-state index contributed by atoms with van der Waals surface area (Å²) in [5.74, 6) is -1.71. The normalized spacial score (nSPS) is 11.6. The summed E-state index contributed by atoms with van der Waals surface area (Å²) in [4.78, 5) is 20.9. The molecule has 5 nitrogen and oxygen atoms in total. The van der Waals surface area contributed by atoms with Gasteiger partial charge in [0.25, 0.3) is 0 Å². The largest absolute Gasteiger partial charge is 0.477 e. The molecule has 0 aromatic carbocycles. The standard InChI is InChI=1S/C10H6F3N3O2S/c1-4-2-14-7(15-3-4)8-16-6(10(11,12)13)5(19-8)9(17)18/h2-3H,1H3,(H,17,18). The Hall–Kier alpha value is -2.03. The first-order valence-corrected chi connectivity index (χ1v) is 5.71. The highest BCUT2D eigenvalue weighted by Crippen LogP contribution is 2.36. The van der Waals surface area contributed by atoms with Gasteiger partial charge in [-0.2, -0.15) is 13.2 Å². The molecule has 0 unspecified atom stereocenters. The highest BCUT2D eigenvalue weighted by molar-refractivity contribution is 7.16. The van der Waals surface area contributed by atoms with Crippen molar-refractivity contribution in [1.82, 2.24) is 15.0 Å². The summed E-state index contributed by atoms with van der Waals surface area (Å²) in [5, 5.41) is 8.59. The van der Waals surface area contributed by atoms with Crippen LogP contribution in [0.4, 0.5) is 13.2 Å². The van der Waals surface area contributed by atoms with Crippen molar-refractivity contribution in [3.05, 3.63) is 28.5 Å². The molecule has 0 fully saturated rings. The summed E-state index contributed by atoms with van der Waals surface area (Å²) >= 11 is 0.398. The van der Waals surface area contributed by atoms with Gasteiger partial charge >= 0.3 is 12.1 Å². The van der Waals surface area contributed by atoms with E-state index in [4.69, 9.17) is 5.11 Å². The van der Waals surface area contributed by atoms with Crippen LogP contribution in [0, 0.1) is 6.92 Å². The van der Waals surface area contributed by atoms with Crippen LogP contribution in [0.1, 0.15) is 20.9 Å². The number of aryl methyl sites for hydroxylation is 1. The maximum absolute atomic E-state index is 12.6. The second-order valence-corrected chi connectivity index (χ2v) is 4.58. The third-order valence-electron chi connectivity index (χ3n) is 2.06. The van der Waals surface area contributed by atoms with Crippen LogP contribution >= 0.6 is 11.3 Å². The van der Waals surface area contributed by atoms with Gasteiger partial charge in [0.15, 0.2) is 16.5 Å². The van der Waals surface area contributed by atoms with E-state index in [-0.39, 0.29) is 10.8 Å². The Morgan fingerprint density at radius 1 is 1.32 bits per heavy atom. The SMILES string of the molecule is Cc1cnc(-c2nc(C(F)(F)F)c(C(=O)O)s2)nc1. The average molecular weight is 289 g/mol. The van der Waals surface area contributed by atoms with E-state index in [1.165, 1.54) is 12.4 Å². The highest BCUT2D eigenvalue weighted by Gasteiger charge is 2.40. The van der Waals surface area contributed by atoms with Crippen LogP contribution in [0.3, 0.4) is 0 Å². The van der Waals surface area contributed by atoms with E-state index >= 15 is 0 Å². The summed E-state index contributed by atoms with van der Waals surface area (Å²) in [5.41, 5.74) is -0.695. The molecule has 2 aromatic heterocycles. The number of alkyl halides is 3. The molecule has 9 heteroatoms. The number of rotatable bonds is 2. The highest BCUT2D eigenvalue weighted by atomic mass is 32.1. The van der Waals surface area contributed by atoms with Crippen molar-refractivity contribution in [3.63, 3.8) is 0 Å². The van der Waals surface area contributed by atoms with Gasteiger partial charge in [-0.15, -0.1) is 11.3 Å². The fraction of sp³-hybridized carbons (Fsp3) is 0.200. The number of carboxylic acids is 1. The fourth-order valence-corrected chi connectivity index (χ4v) is 2.13. The van der Waals surface area contributed by atoms with Gasteiger partial charge in [0.1, 0.15) is 4.88 Å². The van der Waals surface area contributed by atoms with Gasteiger partial charge in [0.2, 0.25) is 0 Å². The van der Waals surface area contributed by atoms with Gasteiger partial charge in [0, 0.05) is 12.4 Å². The number of carboxylic acid groups (broad SMARTS) is 1. The van der Waals surface area contributed by atoms with Crippen LogP contribution < -0.4 is 0 Å². The first kappa shape index (κ1) is 13.4. The Morgan fingerprint density at radius 2 is 1.89 bits per heavy atom. The van der Waals surface area contributed by atoms with Gasteiger partial charge < -0.3 is 5.11 Å². The summed E-state index contributed by atoms with van der Waals surface area (Å²) in [6.07, 6.45) is -2.00. The zero-order valence-corrected chi connectivity index (χ0v) is 10.2.